The molecule has 2 heterocycles. The number of benzene rings is 4. The van der Waals surface area contributed by atoms with Gasteiger partial charge in [-0.25, -0.2) is 14.7 Å². The number of aliphatic imine (C=N–C) groups is 1. The largest absolute Gasteiger partial charge is 0.870 e. The molecule has 1 atom stereocenters. The van der Waals surface area contributed by atoms with Crippen molar-refractivity contribution in [1.29, 1.82) is 0 Å². The molecule has 0 bridgehead atoms. The molecule has 5 aromatic rings. The first kappa shape index (κ1) is 45.4. The van der Waals surface area contributed by atoms with Crippen molar-refractivity contribution in [3.05, 3.63) is 111 Å². The second kappa shape index (κ2) is 21.0. The molecule has 4 aromatic carbocycles. The number of halogens is 2. The summed E-state index contributed by atoms with van der Waals surface area (Å²) in [7, 11) is 6.86. The highest BCUT2D eigenvalue weighted by Crippen LogP contribution is 2.35. The van der Waals surface area contributed by atoms with Crippen molar-refractivity contribution < 1.29 is 19.1 Å². The van der Waals surface area contributed by atoms with Crippen LogP contribution in [-0.2, 0) is 4.79 Å². The van der Waals surface area contributed by atoms with Gasteiger partial charge >= 0.3 is 0 Å². The Morgan fingerprint density at radius 3 is 2.14 bits per heavy atom. The summed E-state index contributed by atoms with van der Waals surface area (Å²) in [6.45, 7) is 11.3. The number of carbonyl (C=O) groups is 1. The Hall–Kier alpha value is -4.70. The van der Waals surface area contributed by atoms with Crippen LogP contribution in [-0.4, -0.2) is 65.3 Å². The average Bonchev–Trinajstić information content (AvgIpc) is 3.72. The highest BCUT2D eigenvalue weighted by Gasteiger charge is 2.29. The number of nitrogens with zero attached hydrogens (tertiary/aromatic N) is 5. The van der Waals surface area contributed by atoms with E-state index < -0.39 is 11.9 Å². The van der Waals surface area contributed by atoms with Gasteiger partial charge in [-0.3, -0.25) is 4.79 Å². The van der Waals surface area contributed by atoms with Gasteiger partial charge in [0.2, 0.25) is 0 Å². The molecule has 0 radical (unpaired) electrons. The fraction of sp³-hybridized carbons (Fsp3) is 0.417. The van der Waals surface area contributed by atoms with Crippen molar-refractivity contribution in [2.45, 2.75) is 105 Å². The predicted molar refractivity (Wildman–Crippen MR) is 244 cm³/mol. The summed E-state index contributed by atoms with van der Waals surface area (Å²) in [5.74, 6) is 0.429. The number of para-hydroxylation sites is 1. The molecule has 1 N–H and O–H groups in total. The summed E-state index contributed by atoms with van der Waals surface area (Å²) in [4.78, 5) is 22.7. The summed E-state index contributed by atoms with van der Waals surface area (Å²) in [5.41, 5.74) is 7.35. The van der Waals surface area contributed by atoms with Crippen molar-refractivity contribution in [2.24, 2.45) is 10.1 Å². The number of unbranched alkanes of at least 4 members (excludes halogenated alkanes) is 9. The van der Waals surface area contributed by atoms with E-state index in [-0.39, 0.29) is 16.0 Å². The van der Waals surface area contributed by atoms with Crippen LogP contribution in [0.25, 0.3) is 11.0 Å². The number of hydrogen-bond acceptors (Lipinski definition) is 6. The maximum absolute atomic E-state index is 13.1. The molecular weight excluding hydrogens is 779 g/mol. The van der Waals surface area contributed by atoms with Gasteiger partial charge in [0.15, 0.2) is 11.9 Å². The lowest BCUT2D eigenvalue weighted by Crippen LogP contribution is -2.35. The second-order valence-corrected chi connectivity index (χ2v) is 17.4. The van der Waals surface area contributed by atoms with Crippen molar-refractivity contribution in [3.8, 4) is 11.5 Å². The third kappa shape index (κ3) is 12.7. The first-order valence-electron chi connectivity index (χ1n) is 20.9. The minimum atomic E-state index is -0.733. The number of aromatic nitrogens is 2. The van der Waals surface area contributed by atoms with Crippen molar-refractivity contribution in [1.82, 2.24) is 9.66 Å². The van der Waals surface area contributed by atoms with Gasteiger partial charge in [0, 0.05) is 21.3 Å². The van der Waals surface area contributed by atoms with Crippen LogP contribution in [0.5, 0.6) is 11.5 Å². The van der Waals surface area contributed by atoms with Gasteiger partial charge in [-0.15, -0.1) is 0 Å². The predicted octanol–water partition coefficient (Wildman–Crippen LogP) is 11.7. The number of aryl methyl sites for hydroxylation is 3. The summed E-state index contributed by atoms with van der Waals surface area (Å²) >= 11 is 12.3. The first-order valence-corrected chi connectivity index (χ1v) is 21.7. The third-order valence-corrected chi connectivity index (χ3v) is 10.9. The lowest BCUT2D eigenvalue weighted by molar-refractivity contribution is -0.870. The summed E-state index contributed by atoms with van der Waals surface area (Å²) in [6, 6.07) is 21.9. The van der Waals surface area contributed by atoms with Gasteiger partial charge in [0.05, 0.1) is 44.4 Å². The minimum Gasteiger partial charge on any atom is -0.870 e. The van der Waals surface area contributed by atoms with E-state index in [1.807, 2.05) is 75.4 Å². The van der Waals surface area contributed by atoms with Crippen LogP contribution in [0.2, 0.25) is 10.0 Å². The molecule has 0 spiro atoms. The molecule has 0 aliphatic carbocycles. The molecule has 59 heavy (non-hydrogen) atoms. The number of amides is 1. The third-order valence-electron chi connectivity index (χ3n) is 10.3. The van der Waals surface area contributed by atoms with Crippen LogP contribution in [0.3, 0.4) is 0 Å². The molecule has 0 fully saturated rings. The SMILES string of the molecule is CCCCCCCCCCCC[N+](C)(C)C.Cc1ccc(OC(C)C(=O)Nc2cccc(C3=Nn4c(nc5cccc(C)c54)C3=Nc3cc(Cl)c([O-])c(Cl)c3)c2)c(C)c1. The maximum atomic E-state index is 13.1. The lowest BCUT2D eigenvalue weighted by Gasteiger charge is -2.23. The first-order chi connectivity index (χ1) is 28.1. The van der Waals surface area contributed by atoms with Crippen LogP contribution in [0.15, 0.2) is 82.9 Å². The zero-order chi connectivity index (χ0) is 42.7. The molecule has 1 aliphatic rings. The number of carbonyl (C=O) groups excluding carboxylic acids is 1. The van der Waals surface area contributed by atoms with E-state index in [4.69, 9.17) is 43.0 Å². The van der Waals surface area contributed by atoms with Crippen LogP contribution in [0, 0.1) is 20.8 Å². The summed E-state index contributed by atoms with van der Waals surface area (Å²) < 4.78 is 8.83. The monoisotopic (exact) mass is 838 g/mol. The van der Waals surface area contributed by atoms with E-state index in [2.05, 4.69) is 33.4 Å². The summed E-state index contributed by atoms with van der Waals surface area (Å²) in [5, 5.41) is 19.9. The zero-order valence-corrected chi connectivity index (χ0v) is 37.5. The molecule has 314 valence electrons. The highest BCUT2D eigenvalue weighted by molar-refractivity contribution is 6.54. The minimum absolute atomic E-state index is 0.0328. The van der Waals surface area contributed by atoms with Gasteiger partial charge in [-0.2, -0.15) is 5.10 Å². The van der Waals surface area contributed by atoms with E-state index in [1.165, 1.54) is 82.9 Å². The van der Waals surface area contributed by atoms with Crippen LogP contribution < -0.4 is 15.2 Å². The van der Waals surface area contributed by atoms with E-state index in [0.717, 1.165) is 32.2 Å². The van der Waals surface area contributed by atoms with Crippen LogP contribution in [0.1, 0.15) is 106 Å². The fourth-order valence-corrected chi connectivity index (χ4v) is 7.53. The number of ether oxygens (including phenoxy) is 1. The Kier molecular flexibility index (Phi) is 16.2. The molecule has 1 unspecified atom stereocenters. The molecule has 0 saturated carbocycles. The van der Waals surface area contributed by atoms with E-state index in [9.17, 15) is 9.90 Å². The van der Waals surface area contributed by atoms with Gasteiger partial charge in [-0.1, -0.05) is 129 Å². The number of quaternary nitrogens is 1. The number of imidazole rings is 1. The molecule has 1 aromatic heterocycles. The molecule has 11 heteroatoms. The second-order valence-electron chi connectivity index (χ2n) is 16.6. The topological polar surface area (TPSA) is 104 Å². The number of anilines is 1. The Balaban J connectivity index is 0.000000352. The Labute approximate surface area is 360 Å². The van der Waals surface area contributed by atoms with Crippen molar-refractivity contribution in [3.63, 3.8) is 0 Å². The molecular formula is C48H60Cl2N6O3. The van der Waals surface area contributed by atoms with Gasteiger partial charge < -0.3 is 19.6 Å². The Bertz CT molecular complexity index is 2270. The number of hydrogen-bond donors (Lipinski definition) is 1. The average molecular weight is 840 g/mol. The number of nitrogens with one attached hydrogen (secondary N) is 1. The van der Waals surface area contributed by atoms with Gasteiger partial charge in [0.1, 0.15) is 17.2 Å². The van der Waals surface area contributed by atoms with Crippen molar-refractivity contribution >= 4 is 62.9 Å². The highest BCUT2D eigenvalue weighted by atomic mass is 35.5. The zero-order valence-electron chi connectivity index (χ0n) is 36.0. The molecule has 0 saturated heterocycles. The number of rotatable bonds is 17. The van der Waals surface area contributed by atoms with Gasteiger partial charge in [-0.05, 0) is 88.1 Å². The Morgan fingerprint density at radius 1 is 0.847 bits per heavy atom. The number of fused-ring (bicyclic) bond motifs is 3. The van der Waals surface area contributed by atoms with Crippen LogP contribution in [0.4, 0.5) is 11.4 Å². The van der Waals surface area contributed by atoms with E-state index in [0.29, 0.717) is 39.9 Å². The quantitative estimate of drug-likeness (QED) is 0.0744. The lowest BCUT2D eigenvalue weighted by atomic mass is 10.0. The van der Waals surface area contributed by atoms with E-state index in [1.54, 1.807) is 17.7 Å². The molecule has 9 nitrogen and oxygen atoms in total. The normalized spacial score (nSPS) is 13.5. The van der Waals surface area contributed by atoms with Gasteiger partial charge in [0.25, 0.3) is 5.91 Å². The summed E-state index contributed by atoms with van der Waals surface area (Å²) in [6.07, 6.45) is 13.7. The molecule has 6 rings (SSSR count). The Morgan fingerprint density at radius 2 is 1.49 bits per heavy atom. The fourth-order valence-electron chi connectivity index (χ4n) is 7.06. The van der Waals surface area contributed by atoms with E-state index >= 15 is 0 Å². The van der Waals surface area contributed by atoms with Crippen LogP contribution >= 0.6 is 23.2 Å². The molecule has 1 aliphatic heterocycles. The smallest absolute Gasteiger partial charge is 0.265 e. The maximum Gasteiger partial charge on any atom is 0.265 e. The standard InChI is InChI=1S/C33H27Cl2N5O3.C15H34N/c1-17-11-12-27(19(3)13-17)43-20(4)33(42)37-22-9-6-8-21(14-22)28-29(36-23-15-24(34)31(41)25(35)16-23)32-38-26-10-5-7-18(2)30(26)40(32)39-28;1-5-6-7-8-9-10-11-12-13-14-15-16(2,3)4/h5-16,20,41H,1-4H3,(H,37,42);5-15H2,1-4H3/q;+1/p-1. The van der Waals surface area contributed by atoms with Crippen molar-refractivity contribution in [2.75, 3.05) is 33.0 Å². The molecule has 1 amide bonds.